The first-order chi connectivity index (χ1) is 6.74. The first-order valence-electron chi connectivity index (χ1n) is 3.99. The van der Waals surface area contributed by atoms with E-state index in [1.165, 1.54) is 11.8 Å². The van der Waals surface area contributed by atoms with Crippen LogP contribution in [0.5, 0.6) is 0 Å². The summed E-state index contributed by atoms with van der Waals surface area (Å²) in [6, 6.07) is 0. The van der Waals surface area contributed by atoms with Gasteiger partial charge in [0.05, 0.1) is 11.9 Å². The van der Waals surface area contributed by atoms with E-state index < -0.39 is 0 Å². The quantitative estimate of drug-likeness (QED) is 0.425. The minimum absolute atomic E-state index is 0.539. The van der Waals surface area contributed by atoms with Crippen LogP contribution in [0.15, 0.2) is 11.4 Å². The number of rotatable bonds is 2. The largest absolute Gasteiger partial charge is 0.305 e. The maximum Gasteiger partial charge on any atom is 0.209 e. The molecular weight excluding hydrogens is 200 g/mol. The topological polar surface area (TPSA) is 81.1 Å². The molecule has 0 unspecified atom stereocenters. The van der Waals surface area contributed by atoms with Gasteiger partial charge in [0, 0.05) is 0 Å². The van der Waals surface area contributed by atoms with Crippen molar-refractivity contribution >= 4 is 23.2 Å². The van der Waals surface area contributed by atoms with Gasteiger partial charge >= 0.3 is 0 Å². The number of imidazole rings is 1. The van der Waals surface area contributed by atoms with Crippen LogP contribution in [0.1, 0.15) is 5.69 Å². The molecule has 3 N–H and O–H groups in total. The van der Waals surface area contributed by atoms with Crippen molar-refractivity contribution in [3.05, 3.63) is 11.9 Å². The summed E-state index contributed by atoms with van der Waals surface area (Å²) >= 11 is 1.46. The van der Waals surface area contributed by atoms with Crippen LogP contribution in [-0.2, 0) is 0 Å². The van der Waals surface area contributed by atoms with Crippen molar-refractivity contribution in [1.29, 1.82) is 0 Å². The van der Waals surface area contributed by atoms with E-state index in [0.29, 0.717) is 16.6 Å². The lowest BCUT2D eigenvalue weighted by atomic mass is 10.6. The van der Waals surface area contributed by atoms with E-state index in [2.05, 4.69) is 20.5 Å². The number of nitrogens with one attached hydrogen (secondary N) is 1. The molecule has 14 heavy (non-hydrogen) atoms. The molecule has 0 aliphatic rings. The van der Waals surface area contributed by atoms with Crippen molar-refractivity contribution in [3.63, 3.8) is 0 Å². The Morgan fingerprint density at radius 2 is 2.29 bits per heavy atom. The van der Waals surface area contributed by atoms with E-state index in [1.807, 2.05) is 19.4 Å². The highest BCUT2D eigenvalue weighted by Gasteiger charge is 2.08. The number of aryl methyl sites for hydroxylation is 1. The molecular formula is C7H10N6S. The molecule has 7 heteroatoms. The summed E-state index contributed by atoms with van der Waals surface area (Å²) in [6.45, 7) is 1.90. The van der Waals surface area contributed by atoms with E-state index in [-0.39, 0.29) is 0 Å². The zero-order chi connectivity index (χ0) is 10.1. The van der Waals surface area contributed by atoms with Crippen molar-refractivity contribution in [2.24, 2.45) is 5.84 Å². The third-order valence-corrected chi connectivity index (χ3v) is 2.28. The number of anilines is 1. The molecule has 0 aliphatic carbocycles. The molecule has 0 spiro atoms. The molecule has 2 heterocycles. The van der Waals surface area contributed by atoms with E-state index >= 15 is 0 Å². The van der Waals surface area contributed by atoms with E-state index in [1.54, 1.807) is 4.52 Å². The molecule has 6 nitrogen and oxygen atoms in total. The van der Waals surface area contributed by atoms with Crippen LogP contribution >= 0.6 is 11.8 Å². The third-order valence-electron chi connectivity index (χ3n) is 1.74. The van der Waals surface area contributed by atoms with Gasteiger partial charge in [0.1, 0.15) is 0 Å². The van der Waals surface area contributed by atoms with Crippen molar-refractivity contribution in [2.45, 2.75) is 12.1 Å². The molecule has 0 saturated heterocycles. The Bertz CT molecular complexity index is 464. The normalized spacial score (nSPS) is 10.8. The molecule has 2 aromatic heterocycles. The molecule has 2 rings (SSSR count). The van der Waals surface area contributed by atoms with Crippen molar-refractivity contribution in [3.8, 4) is 0 Å². The fourth-order valence-corrected chi connectivity index (χ4v) is 1.52. The van der Waals surface area contributed by atoms with Crippen LogP contribution in [0.2, 0.25) is 0 Å². The van der Waals surface area contributed by atoms with Crippen LogP contribution in [0.4, 0.5) is 5.82 Å². The second-order valence-corrected chi connectivity index (χ2v) is 3.52. The summed E-state index contributed by atoms with van der Waals surface area (Å²) in [5.74, 6) is 5.89. The van der Waals surface area contributed by atoms with Gasteiger partial charge < -0.3 is 5.43 Å². The standard InChI is InChI=1S/C7H10N6S/c1-4-3-13-6(9-4)5(11-8)10-7(12-13)14-2/h3H,8H2,1-2H3,(H,10,11,12). The molecule has 0 amide bonds. The number of aromatic nitrogens is 4. The van der Waals surface area contributed by atoms with Gasteiger partial charge in [-0.25, -0.2) is 15.3 Å². The molecule has 0 atom stereocenters. The summed E-state index contributed by atoms with van der Waals surface area (Å²) in [5.41, 5.74) is 4.04. The maximum absolute atomic E-state index is 5.35. The summed E-state index contributed by atoms with van der Waals surface area (Å²) in [6.07, 6.45) is 3.74. The van der Waals surface area contributed by atoms with E-state index in [4.69, 9.17) is 5.84 Å². The minimum atomic E-state index is 0.539. The molecule has 0 radical (unpaired) electrons. The van der Waals surface area contributed by atoms with Crippen LogP contribution < -0.4 is 11.3 Å². The Kier molecular flexibility index (Phi) is 2.26. The van der Waals surface area contributed by atoms with Crippen molar-refractivity contribution in [2.75, 3.05) is 11.7 Å². The molecule has 0 saturated carbocycles. The molecule has 0 fully saturated rings. The van der Waals surface area contributed by atoms with Gasteiger partial charge in [0.15, 0.2) is 11.5 Å². The zero-order valence-electron chi connectivity index (χ0n) is 7.85. The van der Waals surface area contributed by atoms with Crippen LogP contribution in [0, 0.1) is 6.92 Å². The minimum Gasteiger partial charge on any atom is -0.305 e. The Hall–Kier alpha value is -1.34. The Morgan fingerprint density at radius 1 is 1.50 bits per heavy atom. The molecule has 74 valence electrons. The average Bonchev–Trinajstić information content (AvgIpc) is 2.56. The van der Waals surface area contributed by atoms with Gasteiger partial charge in [-0.05, 0) is 13.2 Å². The van der Waals surface area contributed by atoms with Gasteiger partial charge in [-0.1, -0.05) is 11.8 Å². The molecule has 0 aliphatic heterocycles. The zero-order valence-corrected chi connectivity index (χ0v) is 8.67. The van der Waals surface area contributed by atoms with Crippen LogP contribution in [-0.4, -0.2) is 25.8 Å². The number of nitrogens with zero attached hydrogens (tertiary/aromatic N) is 4. The van der Waals surface area contributed by atoms with Gasteiger partial charge in [-0.2, -0.15) is 4.98 Å². The maximum atomic E-state index is 5.35. The van der Waals surface area contributed by atoms with Crippen molar-refractivity contribution < 1.29 is 0 Å². The predicted octanol–water partition coefficient (Wildman–Crippen LogP) is 0.440. The highest BCUT2D eigenvalue weighted by molar-refractivity contribution is 7.98. The molecule has 2 aromatic rings. The first kappa shape index (κ1) is 9.22. The number of fused-ring (bicyclic) bond motifs is 1. The van der Waals surface area contributed by atoms with Gasteiger partial charge in [-0.3, -0.25) is 0 Å². The summed E-state index contributed by atoms with van der Waals surface area (Å²) in [7, 11) is 0. The lowest BCUT2D eigenvalue weighted by molar-refractivity contribution is 0.796. The highest BCUT2D eigenvalue weighted by atomic mass is 32.2. The number of hydrazine groups is 1. The van der Waals surface area contributed by atoms with Gasteiger partial charge in [0.25, 0.3) is 0 Å². The average molecular weight is 210 g/mol. The Labute approximate surface area is 84.9 Å². The summed E-state index contributed by atoms with van der Waals surface area (Å²) in [5, 5.41) is 4.89. The van der Waals surface area contributed by atoms with Crippen molar-refractivity contribution in [1.82, 2.24) is 19.6 Å². The SMILES string of the molecule is CSc1nc(NN)c2nc(C)cn2n1. The molecule has 0 bridgehead atoms. The number of hydrogen-bond acceptors (Lipinski definition) is 6. The van der Waals surface area contributed by atoms with Gasteiger partial charge in [0.2, 0.25) is 5.16 Å². The van der Waals surface area contributed by atoms with Crippen LogP contribution in [0.3, 0.4) is 0 Å². The lowest BCUT2D eigenvalue weighted by Crippen LogP contribution is -2.12. The Morgan fingerprint density at radius 3 is 2.93 bits per heavy atom. The fraction of sp³-hybridized carbons (Fsp3) is 0.286. The second kappa shape index (κ2) is 3.43. The summed E-state index contributed by atoms with van der Waals surface area (Å²) < 4.78 is 1.67. The van der Waals surface area contributed by atoms with Crippen LogP contribution in [0.25, 0.3) is 5.65 Å². The predicted molar refractivity (Wildman–Crippen MR) is 55.1 cm³/mol. The smallest absolute Gasteiger partial charge is 0.209 e. The monoisotopic (exact) mass is 210 g/mol. The lowest BCUT2D eigenvalue weighted by Gasteiger charge is -2.02. The first-order valence-corrected chi connectivity index (χ1v) is 5.21. The van der Waals surface area contributed by atoms with E-state index in [9.17, 15) is 0 Å². The number of hydrogen-bond donors (Lipinski definition) is 2. The van der Waals surface area contributed by atoms with Gasteiger partial charge in [-0.15, -0.1) is 5.10 Å². The molecule has 0 aromatic carbocycles. The van der Waals surface area contributed by atoms with E-state index in [0.717, 1.165) is 5.69 Å². The summed E-state index contributed by atoms with van der Waals surface area (Å²) in [4.78, 5) is 8.43. The fourth-order valence-electron chi connectivity index (χ4n) is 1.17. The number of nitrogen functional groups attached to an aromatic ring is 1. The Balaban J connectivity index is 2.72. The number of nitrogens with two attached hydrogens (primary N) is 1. The highest BCUT2D eigenvalue weighted by Crippen LogP contribution is 2.16. The number of thioether (sulfide) groups is 1. The third kappa shape index (κ3) is 1.40. The second-order valence-electron chi connectivity index (χ2n) is 2.74.